The predicted molar refractivity (Wildman–Crippen MR) is 86.0 cm³/mol. The van der Waals surface area contributed by atoms with Crippen LogP contribution in [0.2, 0.25) is 0 Å². The van der Waals surface area contributed by atoms with Crippen LogP contribution in [0.25, 0.3) is 16.3 Å². The van der Waals surface area contributed by atoms with Crippen molar-refractivity contribution in [2.45, 2.75) is 5.54 Å². The highest BCUT2D eigenvalue weighted by Crippen LogP contribution is 2.41. The molecule has 1 aliphatic carbocycles. The summed E-state index contributed by atoms with van der Waals surface area (Å²) in [6.45, 7) is 0. The molecule has 1 unspecified atom stereocenters. The molecule has 0 heterocycles. The Labute approximate surface area is 122 Å². The van der Waals surface area contributed by atoms with Crippen LogP contribution < -0.4 is 0 Å². The molecule has 0 aliphatic heterocycles. The number of rotatable bonds is 1. The zero-order valence-corrected chi connectivity index (χ0v) is 12.0. The molecule has 1 atom stereocenters. The van der Waals surface area contributed by atoms with Crippen molar-refractivity contribution in [3.05, 3.63) is 89.5 Å². The predicted octanol–water partition coefficient (Wildman–Crippen LogP) is 4.49. The fourth-order valence-corrected chi connectivity index (χ4v) is 3.45. The molecule has 3 aromatic rings. The quantitative estimate of drug-likeness (QED) is 0.571. The maximum Gasteiger partial charge on any atom is 0.0388 e. The normalized spacial score (nSPS) is 17.1. The maximum absolute atomic E-state index is 3.84. The second kappa shape index (κ2) is 4.46. The average Bonchev–Trinajstić information content (AvgIpc) is 2.86. The smallest absolute Gasteiger partial charge is 0.0388 e. The highest BCUT2D eigenvalue weighted by Gasteiger charge is 2.22. The van der Waals surface area contributed by atoms with Crippen molar-refractivity contribution in [1.82, 2.24) is 0 Å². The van der Waals surface area contributed by atoms with Gasteiger partial charge in [-0.25, -0.2) is 0 Å². The van der Waals surface area contributed by atoms with Crippen molar-refractivity contribution in [1.29, 1.82) is 0 Å². The third-order valence-corrected chi connectivity index (χ3v) is 4.46. The molecule has 0 spiro atoms. The van der Waals surface area contributed by atoms with Crippen molar-refractivity contribution >= 4 is 26.6 Å². The van der Waals surface area contributed by atoms with Gasteiger partial charge in [-0.3, -0.25) is 0 Å². The Hall–Kier alpha value is -2.12. The molecule has 0 saturated heterocycles. The molecule has 0 saturated carbocycles. The van der Waals surface area contributed by atoms with E-state index in [1.54, 1.807) is 0 Å². The summed E-state index contributed by atoms with van der Waals surface area (Å²) in [7, 11) is 3.84. The zero-order chi connectivity index (χ0) is 13.5. The Morgan fingerprint density at radius 3 is 2.35 bits per heavy atom. The molecule has 0 bridgehead atoms. The van der Waals surface area contributed by atoms with Crippen LogP contribution in [-0.2, 0) is 0 Å². The van der Waals surface area contributed by atoms with Gasteiger partial charge in [0.15, 0.2) is 0 Å². The Morgan fingerprint density at radius 1 is 0.750 bits per heavy atom. The second-order valence-corrected chi connectivity index (χ2v) is 5.80. The minimum Gasteiger partial charge on any atom is -0.0721 e. The lowest BCUT2D eigenvalue weighted by Crippen LogP contribution is -1.93. The Kier molecular flexibility index (Phi) is 2.61. The molecule has 1 heteroatoms. The van der Waals surface area contributed by atoms with Gasteiger partial charge in [0.25, 0.3) is 0 Å². The average molecular weight is 269 g/mol. The Balaban J connectivity index is 2.04. The minimum atomic E-state index is 0.296. The topological polar surface area (TPSA) is 0 Å². The highest BCUT2D eigenvalue weighted by molar-refractivity contribution is 6.18. The van der Waals surface area contributed by atoms with Gasteiger partial charge in [-0.05, 0) is 38.6 Å². The van der Waals surface area contributed by atoms with E-state index in [1.807, 2.05) is 0 Å². The summed E-state index contributed by atoms with van der Waals surface area (Å²) in [6.07, 6.45) is 2.31. The van der Waals surface area contributed by atoms with E-state index >= 15 is 0 Å². The zero-order valence-electron chi connectivity index (χ0n) is 11.0. The van der Waals surface area contributed by atoms with Crippen LogP contribution >= 0.6 is 0 Å². The van der Waals surface area contributed by atoms with Gasteiger partial charge in [-0.15, -0.1) is 0 Å². The molecule has 3 aromatic carbocycles. The number of fused-ring (bicyclic) bond motifs is 3. The van der Waals surface area contributed by atoms with Crippen molar-refractivity contribution in [2.24, 2.45) is 0 Å². The summed E-state index contributed by atoms with van der Waals surface area (Å²) in [5.41, 5.74) is 5.64. The van der Waals surface area contributed by atoms with Crippen LogP contribution in [0.5, 0.6) is 0 Å². The van der Waals surface area contributed by atoms with Crippen LogP contribution in [-0.4, -0.2) is 10.2 Å². The molecule has 0 N–H and O–H groups in total. The van der Waals surface area contributed by atoms with Crippen LogP contribution in [0.15, 0.2) is 72.8 Å². The van der Waals surface area contributed by atoms with Crippen molar-refractivity contribution in [2.75, 3.05) is 0 Å². The Morgan fingerprint density at radius 2 is 1.50 bits per heavy atom. The van der Waals surface area contributed by atoms with E-state index in [4.69, 9.17) is 0 Å². The number of allylic oxidation sites excluding steroid dienone is 1. The van der Waals surface area contributed by atoms with Gasteiger partial charge in [-0.1, -0.05) is 72.8 Å². The molecule has 0 aromatic heterocycles. The largest absolute Gasteiger partial charge is 0.0721 e. The molecule has 1 aliphatic rings. The third-order valence-electron chi connectivity index (χ3n) is 3.98. The first-order chi connectivity index (χ1) is 9.84. The number of hydrogen-bond acceptors (Lipinski definition) is 0. The van der Waals surface area contributed by atoms with E-state index in [1.165, 1.54) is 33.0 Å². The molecule has 3 radical (unpaired) electrons. The van der Waals surface area contributed by atoms with Crippen LogP contribution in [0.3, 0.4) is 0 Å². The van der Waals surface area contributed by atoms with E-state index < -0.39 is 0 Å². The van der Waals surface area contributed by atoms with Gasteiger partial charge in [0.1, 0.15) is 0 Å². The first-order valence-electron chi connectivity index (χ1n) is 6.85. The molecule has 0 fully saturated rings. The summed E-state index contributed by atoms with van der Waals surface area (Å²) >= 11 is 0. The first-order valence-corrected chi connectivity index (χ1v) is 7.43. The Bertz CT molecular complexity index is 816. The van der Waals surface area contributed by atoms with Crippen LogP contribution in [0.1, 0.15) is 22.2 Å². The lowest BCUT2D eigenvalue weighted by molar-refractivity contribution is 1.26. The van der Waals surface area contributed by atoms with Crippen molar-refractivity contribution in [3.8, 4) is 0 Å². The highest BCUT2D eigenvalue weighted by atomic mass is 28.1. The van der Waals surface area contributed by atoms with Gasteiger partial charge in [0.05, 0.1) is 0 Å². The van der Waals surface area contributed by atoms with Gasteiger partial charge in [-0.2, -0.15) is 0 Å². The van der Waals surface area contributed by atoms with Gasteiger partial charge in [0.2, 0.25) is 0 Å². The SMILES string of the molecule is [Si]C1C=C(c2ccccc2)c2c1ccc1ccccc21. The summed E-state index contributed by atoms with van der Waals surface area (Å²) in [5.74, 6) is 0. The monoisotopic (exact) mass is 269 g/mol. The summed E-state index contributed by atoms with van der Waals surface area (Å²) in [6, 6.07) is 23.7. The summed E-state index contributed by atoms with van der Waals surface area (Å²) < 4.78 is 0. The molecular weight excluding hydrogens is 256 g/mol. The van der Waals surface area contributed by atoms with E-state index in [0.717, 1.165) is 0 Å². The van der Waals surface area contributed by atoms with Gasteiger partial charge >= 0.3 is 0 Å². The molecule has 93 valence electrons. The van der Waals surface area contributed by atoms with Crippen molar-refractivity contribution in [3.63, 3.8) is 0 Å². The summed E-state index contributed by atoms with van der Waals surface area (Å²) in [5, 5.41) is 2.63. The lowest BCUT2D eigenvalue weighted by Gasteiger charge is -2.11. The molecule has 20 heavy (non-hydrogen) atoms. The number of benzene rings is 3. The fourth-order valence-electron chi connectivity index (χ4n) is 3.05. The van der Waals surface area contributed by atoms with Crippen LogP contribution in [0, 0.1) is 0 Å². The van der Waals surface area contributed by atoms with E-state index in [2.05, 4.69) is 83.0 Å². The van der Waals surface area contributed by atoms with E-state index in [-0.39, 0.29) is 0 Å². The fraction of sp³-hybridized carbons (Fsp3) is 0.0526. The number of hydrogen-bond donors (Lipinski definition) is 0. The molecule has 4 rings (SSSR count). The molecule has 0 amide bonds. The van der Waals surface area contributed by atoms with Gasteiger partial charge < -0.3 is 0 Å². The summed E-state index contributed by atoms with van der Waals surface area (Å²) in [4.78, 5) is 0. The third kappa shape index (κ3) is 1.67. The van der Waals surface area contributed by atoms with E-state index in [0.29, 0.717) is 5.54 Å². The maximum atomic E-state index is 3.84. The second-order valence-electron chi connectivity index (χ2n) is 5.17. The van der Waals surface area contributed by atoms with Crippen molar-refractivity contribution < 1.29 is 0 Å². The standard InChI is InChI=1S/C19H13Si/c20-18-12-17(13-6-2-1-3-7-13)19-15-9-5-4-8-14(15)10-11-16(18)19/h1-12,18H. The lowest BCUT2D eigenvalue weighted by atomic mass is 9.94. The minimum absolute atomic E-state index is 0.296. The molecular formula is C19H13Si. The van der Waals surface area contributed by atoms with Gasteiger partial charge in [0, 0.05) is 10.2 Å². The van der Waals surface area contributed by atoms with E-state index in [9.17, 15) is 0 Å². The molecule has 0 nitrogen and oxygen atoms in total. The first kappa shape index (κ1) is 11.7. The van der Waals surface area contributed by atoms with Crippen LogP contribution in [0.4, 0.5) is 0 Å².